The van der Waals surface area contributed by atoms with Crippen LogP contribution in [0.25, 0.3) is 0 Å². The third-order valence-corrected chi connectivity index (χ3v) is 3.75. The van der Waals surface area contributed by atoms with E-state index in [1.807, 2.05) is 24.3 Å². The maximum Gasteiger partial charge on any atom is 0.0915 e. The summed E-state index contributed by atoms with van der Waals surface area (Å²) in [7, 11) is 0. The Morgan fingerprint density at radius 3 is 2.61 bits per heavy atom. The van der Waals surface area contributed by atoms with E-state index in [1.165, 1.54) is 38.5 Å². The summed E-state index contributed by atoms with van der Waals surface area (Å²) in [6.45, 7) is 0.619. The van der Waals surface area contributed by atoms with Gasteiger partial charge in [0.1, 0.15) is 0 Å². The molecule has 18 heavy (non-hydrogen) atoms. The van der Waals surface area contributed by atoms with Crippen LogP contribution in [0.5, 0.6) is 0 Å². The van der Waals surface area contributed by atoms with Gasteiger partial charge in [0.05, 0.1) is 6.10 Å². The van der Waals surface area contributed by atoms with Crippen molar-refractivity contribution >= 4 is 5.69 Å². The molecule has 3 heteroatoms. The van der Waals surface area contributed by atoms with E-state index in [-0.39, 0.29) is 0 Å². The lowest BCUT2D eigenvalue weighted by molar-refractivity contribution is 0.168. The van der Waals surface area contributed by atoms with Crippen molar-refractivity contribution in [3.8, 4) is 0 Å². The van der Waals surface area contributed by atoms with Crippen LogP contribution < -0.4 is 11.1 Å². The number of aliphatic hydroxyl groups is 1. The SMILES string of the molecule is Nc1cccc(C(O)CNC2CCCCCC2)c1. The van der Waals surface area contributed by atoms with Gasteiger partial charge in [0.2, 0.25) is 0 Å². The highest BCUT2D eigenvalue weighted by Gasteiger charge is 2.14. The molecule has 1 aliphatic carbocycles. The van der Waals surface area contributed by atoms with E-state index in [2.05, 4.69) is 5.32 Å². The minimum Gasteiger partial charge on any atom is -0.399 e. The molecule has 0 spiro atoms. The lowest BCUT2D eigenvalue weighted by atomic mass is 10.1. The Hall–Kier alpha value is -1.06. The summed E-state index contributed by atoms with van der Waals surface area (Å²) < 4.78 is 0. The summed E-state index contributed by atoms with van der Waals surface area (Å²) >= 11 is 0. The summed E-state index contributed by atoms with van der Waals surface area (Å²) in [5, 5.41) is 13.6. The maximum absolute atomic E-state index is 10.1. The molecule has 0 amide bonds. The molecule has 2 rings (SSSR count). The molecule has 0 heterocycles. The standard InChI is InChI=1S/C15H24N2O/c16-13-7-5-6-12(10-13)15(18)11-17-14-8-3-1-2-4-9-14/h5-7,10,14-15,17-18H,1-4,8-9,11,16H2. The highest BCUT2D eigenvalue weighted by atomic mass is 16.3. The van der Waals surface area contributed by atoms with E-state index in [0.717, 1.165) is 5.56 Å². The van der Waals surface area contributed by atoms with Crippen molar-refractivity contribution in [1.82, 2.24) is 5.32 Å². The third-order valence-electron chi connectivity index (χ3n) is 3.75. The van der Waals surface area contributed by atoms with E-state index in [4.69, 9.17) is 5.73 Å². The number of nitrogen functional groups attached to an aromatic ring is 1. The fourth-order valence-corrected chi connectivity index (χ4v) is 2.65. The quantitative estimate of drug-likeness (QED) is 0.567. The van der Waals surface area contributed by atoms with Crippen LogP contribution in [0.2, 0.25) is 0 Å². The molecule has 1 saturated carbocycles. The van der Waals surface area contributed by atoms with Crippen LogP contribution in [-0.4, -0.2) is 17.7 Å². The van der Waals surface area contributed by atoms with E-state index < -0.39 is 6.10 Å². The molecular weight excluding hydrogens is 224 g/mol. The van der Waals surface area contributed by atoms with Gasteiger partial charge in [-0.05, 0) is 30.5 Å². The van der Waals surface area contributed by atoms with Crippen molar-refractivity contribution in [1.29, 1.82) is 0 Å². The van der Waals surface area contributed by atoms with Crippen molar-refractivity contribution < 1.29 is 5.11 Å². The number of rotatable bonds is 4. The summed E-state index contributed by atoms with van der Waals surface area (Å²) in [5.41, 5.74) is 7.33. The zero-order valence-corrected chi connectivity index (χ0v) is 10.9. The first-order valence-electron chi connectivity index (χ1n) is 7.02. The van der Waals surface area contributed by atoms with Gasteiger partial charge in [-0.3, -0.25) is 0 Å². The fraction of sp³-hybridized carbons (Fsp3) is 0.600. The van der Waals surface area contributed by atoms with Crippen LogP contribution >= 0.6 is 0 Å². The minimum absolute atomic E-state index is 0.461. The van der Waals surface area contributed by atoms with Gasteiger partial charge >= 0.3 is 0 Å². The highest BCUT2D eigenvalue weighted by Crippen LogP contribution is 2.19. The van der Waals surface area contributed by atoms with E-state index >= 15 is 0 Å². The Bertz CT molecular complexity index is 359. The Balaban J connectivity index is 1.82. The van der Waals surface area contributed by atoms with Gasteiger partial charge in [0.15, 0.2) is 0 Å². The summed E-state index contributed by atoms with van der Waals surface area (Å²) in [5.74, 6) is 0. The molecule has 1 atom stereocenters. The second kappa shape index (κ2) is 6.76. The van der Waals surface area contributed by atoms with Crippen LogP contribution in [0, 0.1) is 0 Å². The summed E-state index contributed by atoms with van der Waals surface area (Å²) in [4.78, 5) is 0. The minimum atomic E-state index is -0.461. The summed E-state index contributed by atoms with van der Waals surface area (Å²) in [6.07, 6.45) is 7.36. The molecular formula is C15H24N2O. The molecule has 4 N–H and O–H groups in total. The molecule has 1 aliphatic rings. The smallest absolute Gasteiger partial charge is 0.0915 e. The molecule has 1 unspecified atom stereocenters. The van der Waals surface area contributed by atoms with E-state index in [0.29, 0.717) is 18.3 Å². The first-order valence-corrected chi connectivity index (χ1v) is 7.02. The van der Waals surface area contributed by atoms with Crippen LogP contribution in [0.3, 0.4) is 0 Å². The topological polar surface area (TPSA) is 58.3 Å². The highest BCUT2D eigenvalue weighted by molar-refractivity contribution is 5.41. The van der Waals surface area contributed by atoms with Crippen LogP contribution in [0.1, 0.15) is 50.2 Å². The van der Waals surface area contributed by atoms with Crippen molar-refractivity contribution in [3.05, 3.63) is 29.8 Å². The number of hydrogen-bond donors (Lipinski definition) is 3. The van der Waals surface area contributed by atoms with Gasteiger partial charge in [-0.25, -0.2) is 0 Å². The van der Waals surface area contributed by atoms with Gasteiger partial charge in [-0.15, -0.1) is 0 Å². The Kier molecular flexibility index (Phi) is 5.02. The maximum atomic E-state index is 10.1. The number of nitrogens with one attached hydrogen (secondary N) is 1. The average Bonchev–Trinajstić information content (AvgIpc) is 2.64. The number of aliphatic hydroxyl groups excluding tert-OH is 1. The molecule has 1 aromatic carbocycles. The number of benzene rings is 1. The van der Waals surface area contributed by atoms with Crippen LogP contribution in [0.15, 0.2) is 24.3 Å². The zero-order valence-electron chi connectivity index (χ0n) is 10.9. The first-order chi connectivity index (χ1) is 8.75. The van der Waals surface area contributed by atoms with Crippen molar-refractivity contribution in [2.75, 3.05) is 12.3 Å². The predicted molar refractivity (Wildman–Crippen MR) is 75.3 cm³/mol. The van der Waals surface area contributed by atoms with Crippen LogP contribution in [0.4, 0.5) is 5.69 Å². The third kappa shape index (κ3) is 4.00. The molecule has 0 bridgehead atoms. The van der Waals surface area contributed by atoms with Gasteiger partial charge in [0.25, 0.3) is 0 Å². The van der Waals surface area contributed by atoms with Gasteiger partial charge < -0.3 is 16.2 Å². The predicted octanol–water partition coefficient (Wildman–Crippen LogP) is 2.61. The molecule has 0 saturated heterocycles. The molecule has 0 aliphatic heterocycles. The second-order valence-corrected chi connectivity index (χ2v) is 5.28. The fourth-order valence-electron chi connectivity index (χ4n) is 2.65. The van der Waals surface area contributed by atoms with Crippen molar-refractivity contribution in [3.63, 3.8) is 0 Å². The Labute approximate surface area is 109 Å². The van der Waals surface area contributed by atoms with E-state index in [9.17, 15) is 5.11 Å². The largest absolute Gasteiger partial charge is 0.399 e. The van der Waals surface area contributed by atoms with Gasteiger partial charge in [0, 0.05) is 18.3 Å². The number of nitrogens with two attached hydrogens (primary N) is 1. The Morgan fingerprint density at radius 2 is 1.94 bits per heavy atom. The molecule has 3 nitrogen and oxygen atoms in total. The molecule has 1 aromatic rings. The molecule has 1 fully saturated rings. The first kappa shape index (κ1) is 13.4. The monoisotopic (exact) mass is 248 g/mol. The Morgan fingerprint density at radius 1 is 1.22 bits per heavy atom. The van der Waals surface area contributed by atoms with Crippen LogP contribution in [-0.2, 0) is 0 Å². The zero-order chi connectivity index (χ0) is 12.8. The van der Waals surface area contributed by atoms with Crippen molar-refractivity contribution in [2.45, 2.75) is 50.7 Å². The van der Waals surface area contributed by atoms with Gasteiger partial charge in [-0.2, -0.15) is 0 Å². The van der Waals surface area contributed by atoms with E-state index in [1.54, 1.807) is 0 Å². The molecule has 0 radical (unpaired) electrons. The number of anilines is 1. The lowest BCUT2D eigenvalue weighted by Crippen LogP contribution is -2.32. The lowest BCUT2D eigenvalue weighted by Gasteiger charge is -2.19. The summed E-state index contributed by atoms with van der Waals surface area (Å²) in [6, 6.07) is 8.08. The normalized spacial score (nSPS) is 19.4. The molecule has 100 valence electrons. The van der Waals surface area contributed by atoms with Crippen molar-refractivity contribution in [2.24, 2.45) is 0 Å². The molecule has 0 aromatic heterocycles. The number of hydrogen-bond acceptors (Lipinski definition) is 3. The van der Waals surface area contributed by atoms with Gasteiger partial charge in [-0.1, -0.05) is 37.8 Å². The average molecular weight is 248 g/mol. The second-order valence-electron chi connectivity index (χ2n) is 5.28.